The van der Waals surface area contributed by atoms with Crippen molar-refractivity contribution in [1.82, 2.24) is 0 Å². The smallest absolute Gasteiger partial charge is 0.306 e. The van der Waals surface area contributed by atoms with Crippen LogP contribution in [0.4, 0.5) is 0 Å². The maximum absolute atomic E-state index is 12.8. The molecule has 0 saturated carbocycles. The molecule has 0 unspecified atom stereocenters. The van der Waals surface area contributed by atoms with Crippen LogP contribution in [-0.2, 0) is 28.6 Å². The molecule has 6 heteroatoms. The van der Waals surface area contributed by atoms with Crippen LogP contribution in [0.2, 0.25) is 0 Å². The van der Waals surface area contributed by atoms with Crippen LogP contribution in [0.25, 0.3) is 0 Å². The number of unbranched alkanes of at least 4 members (excludes halogenated alkanes) is 32. The van der Waals surface area contributed by atoms with Gasteiger partial charge in [-0.3, -0.25) is 14.4 Å². The van der Waals surface area contributed by atoms with Crippen molar-refractivity contribution < 1.29 is 28.6 Å². The second kappa shape index (κ2) is 47.4. The van der Waals surface area contributed by atoms with E-state index in [1.54, 1.807) is 0 Å². The molecule has 0 aromatic carbocycles. The van der Waals surface area contributed by atoms with Crippen molar-refractivity contribution in [3.63, 3.8) is 0 Å². The van der Waals surface area contributed by atoms with E-state index in [0.29, 0.717) is 19.3 Å². The van der Waals surface area contributed by atoms with Crippen LogP contribution >= 0.6 is 0 Å². The Balaban J connectivity index is 4.23. The van der Waals surface area contributed by atoms with Crippen LogP contribution in [0.5, 0.6) is 0 Å². The Hall–Kier alpha value is -1.59. The molecule has 0 bridgehead atoms. The molecule has 0 spiro atoms. The summed E-state index contributed by atoms with van der Waals surface area (Å²) in [6, 6.07) is 0. The van der Waals surface area contributed by atoms with Gasteiger partial charge in [-0.1, -0.05) is 266 Å². The molecule has 0 aliphatic rings. The molecule has 0 aliphatic carbocycles. The van der Waals surface area contributed by atoms with Crippen molar-refractivity contribution in [2.75, 3.05) is 13.2 Å². The monoisotopic (exact) mass is 877 g/mol. The summed E-state index contributed by atoms with van der Waals surface area (Å²) in [6.07, 6.45) is 48.2. The quantitative estimate of drug-likeness (QED) is 0.0344. The molecule has 0 radical (unpaired) electrons. The van der Waals surface area contributed by atoms with Gasteiger partial charge in [0.05, 0.1) is 0 Å². The first kappa shape index (κ1) is 60.4. The first-order valence-electron chi connectivity index (χ1n) is 27.6. The Labute approximate surface area is 387 Å². The van der Waals surface area contributed by atoms with E-state index in [9.17, 15) is 14.4 Å². The summed E-state index contributed by atoms with van der Waals surface area (Å²) >= 11 is 0. The molecule has 0 aliphatic heterocycles. The molecule has 6 nitrogen and oxygen atoms in total. The predicted octanol–water partition coefficient (Wildman–Crippen LogP) is 17.9. The normalized spacial score (nSPS) is 12.1. The van der Waals surface area contributed by atoms with Crippen LogP contribution in [0.15, 0.2) is 0 Å². The number of esters is 3. The van der Waals surface area contributed by atoms with Crippen LogP contribution in [0.3, 0.4) is 0 Å². The van der Waals surface area contributed by atoms with Crippen LogP contribution in [0, 0.1) is 17.8 Å². The minimum absolute atomic E-state index is 0.0647. The van der Waals surface area contributed by atoms with E-state index >= 15 is 0 Å². The Morgan fingerprint density at radius 3 is 0.694 bits per heavy atom. The van der Waals surface area contributed by atoms with Crippen molar-refractivity contribution >= 4 is 17.9 Å². The van der Waals surface area contributed by atoms with E-state index < -0.39 is 6.10 Å². The number of ether oxygens (including phenoxy) is 3. The summed E-state index contributed by atoms with van der Waals surface area (Å²) in [5, 5.41) is 0. The molecule has 0 heterocycles. The molecular formula is C56H108O6. The van der Waals surface area contributed by atoms with Gasteiger partial charge in [-0.05, 0) is 37.0 Å². The zero-order valence-electron chi connectivity index (χ0n) is 42.7. The molecule has 62 heavy (non-hydrogen) atoms. The van der Waals surface area contributed by atoms with Crippen LogP contribution in [0.1, 0.15) is 305 Å². The third kappa shape index (κ3) is 49.4. The van der Waals surface area contributed by atoms with Gasteiger partial charge in [0.1, 0.15) is 13.2 Å². The summed E-state index contributed by atoms with van der Waals surface area (Å²) in [6.45, 7) is 13.7. The van der Waals surface area contributed by atoms with Gasteiger partial charge in [0.2, 0.25) is 0 Å². The van der Waals surface area contributed by atoms with Crippen molar-refractivity contribution in [2.24, 2.45) is 17.8 Å². The van der Waals surface area contributed by atoms with Gasteiger partial charge in [0.25, 0.3) is 0 Å². The maximum atomic E-state index is 12.8. The van der Waals surface area contributed by atoms with Gasteiger partial charge in [0.15, 0.2) is 6.10 Å². The van der Waals surface area contributed by atoms with E-state index in [1.807, 2.05) is 0 Å². The topological polar surface area (TPSA) is 78.9 Å². The lowest BCUT2D eigenvalue weighted by Crippen LogP contribution is -2.30. The Morgan fingerprint density at radius 2 is 0.468 bits per heavy atom. The highest BCUT2D eigenvalue weighted by molar-refractivity contribution is 5.71. The second-order valence-corrected chi connectivity index (χ2v) is 20.6. The third-order valence-electron chi connectivity index (χ3n) is 12.6. The van der Waals surface area contributed by atoms with E-state index in [0.717, 1.165) is 75.5 Å². The zero-order valence-corrected chi connectivity index (χ0v) is 42.7. The maximum Gasteiger partial charge on any atom is 0.306 e. The lowest BCUT2D eigenvalue weighted by atomic mass is 10.0. The van der Waals surface area contributed by atoms with E-state index in [4.69, 9.17) is 14.2 Å². The highest BCUT2D eigenvalue weighted by Crippen LogP contribution is 2.18. The fraction of sp³-hybridized carbons (Fsp3) is 0.946. The summed E-state index contributed by atoms with van der Waals surface area (Å²) < 4.78 is 16.8. The standard InChI is InChI=1S/C56H108O6/c1-50(2)42-36-30-24-20-16-12-9-7-8-10-14-19-23-27-35-41-47-56(59)62-53(49-61-55(58)46-40-34-29-28-32-38-44-52(5)6)48-60-54(57)45-39-33-26-22-18-15-11-13-17-21-25-31-37-43-51(3)4/h50-53H,7-49H2,1-6H3/t53-/m1/s1. The number of carbonyl (C=O) groups excluding carboxylic acids is 3. The van der Waals surface area contributed by atoms with Crippen LogP contribution in [-0.4, -0.2) is 37.2 Å². The SMILES string of the molecule is CC(C)CCCCCCCCCCCCCCCCCCC(=O)O[C@H](COC(=O)CCCCCCCCCCCCCCCC(C)C)COC(=O)CCCCCCCCC(C)C. The van der Waals surface area contributed by atoms with Gasteiger partial charge >= 0.3 is 17.9 Å². The minimum atomic E-state index is -0.763. The first-order chi connectivity index (χ1) is 30.1. The van der Waals surface area contributed by atoms with Gasteiger partial charge in [-0.15, -0.1) is 0 Å². The number of carbonyl (C=O) groups is 3. The molecule has 1 atom stereocenters. The van der Waals surface area contributed by atoms with E-state index in [2.05, 4.69) is 41.5 Å². The Kier molecular flexibility index (Phi) is 46.2. The lowest BCUT2D eigenvalue weighted by molar-refractivity contribution is -0.167. The molecule has 0 rings (SSSR count). The van der Waals surface area contributed by atoms with Crippen molar-refractivity contribution in [3.8, 4) is 0 Å². The average molecular weight is 877 g/mol. The number of rotatable bonds is 49. The summed E-state index contributed by atoms with van der Waals surface area (Å²) in [4.78, 5) is 38.0. The molecular weight excluding hydrogens is 769 g/mol. The highest BCUT2D eigenvalue weighted by Gasteiger charge is 2.19. The molecule has 0 N–H and O–H groups in total. The summed E-state index contributed by atoms with van der Waals surface area (Å²) in [5.74, 6) is 1.60. The minimum Gasteiger partial charge on any atom is -0.462 e. The average Bonchev–Trinajstić information content (AvgIpc) is 3.23. The molecule has 0 aromatic rings. The Bertz CT molecular complexity index is 960. The molecule has 368 valence electrons. The van der Waals surface area contributed by atoms with Crippen LogP contribution < -0.4 is 0 Å². The van der Waals surface area contributed by atoms with Gasteiger partial charge < -0.3 is 14.2 Å². The van der Waals surface area contributed by atoms with Crippen molar-refractivity contribution in [1.29, 1.82) is 0 Å². The molecule has 0 amide bonds. The number of hydrogen-bond acceptors (Lipinski definition) is 6. The van der Waals surface area contributed by atoms with Crippen molar-refractivity contribution in [3.05, 3.63) is 0 Å². The molecule has 0 fully saturated rings. The summed E-state index contributed by atoms with van der Waals surface area (Å²) in [5.41, 5.74) is 0. The van der Waals surface area contributed by atoms with Gasteiger partial charge in [0, 0.05) is 19.3 Å². The Morgan fingerprint density at radius 1 is 0.274 bits per heavy atom. The van der Waals surface area contributed by atoms with Crippen molar-refractivity contribution in [2.45, 2.75) is 311 Å². The number of hydrogen-bond donors (Lipinski definition) is 0. The van der Waals surface area contributed by atoms with Gasteiger partial charge in [-0.25, -0.2) is 0 Å². The summed E-state index contributed by atoms with van der Waals surface area (Å²) in [7, 11) is 0. The molecule has 0 saturated heterocycles. The predicted molar refractivity (Wildman–Crippen MR) is 266 cm³/mol. The third-order valence-corrected chi connectivity index (χ3v) is 12.6. The zero-order chi connectivity index (χ0) is 45.6. The highest BCUT2D eigenvalue weighted by atomic mass is 16.6. The fourth-order valence-corrected chi connectivity index (χ4v) is 8.47. The largest absolute Gasteiger partial charge is 0.462 e. The molecule has 0 aromatic heterocycles. The first-order valence-corrected chi connectivity index (χ1v) is 27.6. The fourth-order valence-electron chi connectivity index (χ4n) is 8.47. The van der Waals surface area contributed by atoms with E-state index in [1.165, 1.54) is 186 Å². The lowest BCUT2D eigenvalue weighted by Gasteiger charge is -2.18. The van der Waals surface area contributed by atoms with Gasteiger partial charge in [-0.2, -0.15) is 0 Å². The second-order valence-electron chi connectivity index (χ2n) is 20.6. The van der Waals surface area contributed by atoms with E-state index in [-0.39, 0.29) is 31.1 Å².